The predicted molar refractivity (Wildman–Crippen MR) is 102 cm³/mol. The summed E-state index contributed by atoms with van der Waals surface area (Å²) in [4.78, 5) is 20.3. The number of hydrogen-bond acceptors (Lipinski definition) is 5. The summed E-state index contributed by atoms with van der Waals surface area (Å²) in [5, 5.41) is 11.3. The van der Waals surface area contributed by atoms with Gasteiger partial charge in [-0.1, -0.05) is 25.1 Å². The van der Waals surface area contributed by atoms with Crippen molar-refractivity contribution in [3.63, 3.8) is 0 Å². The van der Waals surface area contributed by atoms with E-state index in [0.717, 1.165) is 58.6 Å². The van der Waals surface area contributed by atoms with Crippen LogP contribution in [0.1, 0.15) is 38.9 Å². The van der Waals surface area contributed by atoms with E-state index in [1.807, 2.05) is 24.3 Å². The number of para-hydroxylation sites is 1. The first kappa shape index (κ1) is 18.1. The van der Waals surface area contributed by atoms with Gasteiger partial charge in [0.05, 0.1) is 11.0 Å². The average Bonchev–Trinajstić information content (AvgIpc) is 2.98. The molecule has 7 nitrogen and oxygen atoms in total. The lowest BCUT2D eigenvalue weighted by Gasteiger charge is -2.13. The number of fused-ring (bicyclic) bond motifs is 3. The number of nitrogens with two attached hydrogens (primary N) is 1. The number of anilines is 1. The van der Waals surface area contributed by atoms with Crippen LogP contribution in [0.3, 0.4) is 0 Å². The molecule has 0 spiro atoms. The quantitative estimate of drug-likeness (QED) is 0.385. The van der Waals surface area contributed by atoms with Crippen molar-refractivity contribution in [3.05, 3.63) is 30.1 Å². The molecule has 2 heterocycles. The average molecular weight is 355 g/mol. The van der Waals surface area contributed by atoms with Crippen molar-refractivity contribution in [3.8, 4) is 0 Å². The van der Waals surface area contributed by atoms with Gasteiger partial charge in [-0.25, -0.2) is 15.0 Å². The molecule has 7 heteroatoms. The van der Waals surface area contributed by atoms with Crippen LogP contribution in [0.2, 0.25) is 0 Å². The van der Waals surface area contributed by atoms with Crippen LogP contribution in [-0.2, 0) is 17.8 Å². The molecule has 0 aliphatic carbocycles. The highest BCUT2D eigenvalue weighted by Gasteiger charge is 2.16. The van der Waals surface area contributed by atoms with Crippen LogP contribution in [-0.4, -0.2) is 37.3 Å². The molecule has 0 fully saturated rings. The third-order valence-corrected chi connectivity index (χ3v) is 4.53. The molecule has 0 atom stereocenters. The molecule has 3 aromatic rings. The highest BCUT2D eigenvalue weighted by Crippen LogP contribution is 2.29. The minimum absolute atomic E-state index is 0.329. The van der Waals surface area contributed by atoms with Gasteiger partial charge in [-0.15, -0.1) is 0 Å². The molecule has 0 unspecified atom stereocenters. The summed E-state index contributed by atoms with van der Waals surface area (Å²) in [6, 6.07) is 7.94. The first-order valence-electron chi connectivity index (χ1n) is 9.03. The fraction of sp³-hybridized carbons (Fsp3) is 0.421. The Hall–Kier alpha value is -2.67. The Labute approximate surface area is 152 Å². The van der Waals surface area contributed by atoms with Crippen molar-refractivity contribution in [2.75, 3.05) is 12.3 Å². The first-order chi connectivity index (χ1) is 12.5. The Kier molecular flexibility index (Phi) is 5.37. The lowest BCUT2D eigenvalue weighted by molar-refractivity contribution is -0.162. The number of benzene rings is 1. The van der Waals surface area contributed by atoms with Gasteiger partial charge in [0.2, 0.25) is 5.91 Å². The molecule has 0 radical (unpaired) electrons. The van der Waals surface area contributed by atoms with Crippen molar-refractivity contribution >= 4 is 33.7 Å². The third-order valence-electron chi connectivity index (χ3n) is 4.53. The highest BCUT2D eigenvalue weighted by molar-refractivity contribution is 6.06. The number of pyridine rings is 1. The number of imidazole rings is 1. The van der Waals surface area contributed by atoms with E-state index in [0.29, 0.717) is 18.8 Å². The second kappa shape index (κ2) is 7.70. The number of rotatable bonds is 7. The van der Waals surface area contributed by atoms with E-state index in [-0.39, 0.29) is 5.91 Å². The zero-order valence-corrected chi connectivity index (χ0v) is 15.3. The Morgan fingerprint density at radius 1 is 1.27 bits per heavy atom. The van der Waals surface area contributed by atoms with E-state index >= 15 is 0 Å². The number of hydroxylamine groups is 2. The number of carbonyl (C=O) groups excluding carboxylic acids is 1. The smallest absolute Gasteiger partial charge is 0.242 e. The summed E-state index contributed by atoms with van der Waals surface area (Å²) < 4.78 is 2.22. The molecule has 2 aromatic heterocycles. The fourth-order valence-corrected chi connectivity index (χ4v) is 3.25. The van der Waals surface area contributed by atoms with Crippen molar-refractivity contribution in [1.29, 1.82) is 0 Å². The Balaban J connectivity index is 1.96. The zero-order valence-electron chi connectivity index (χ0n) is 15.3. The number of hydrogen-bond donors (Lipinski definition) is 2. The molecule has 3 rings (SSSR count). The van der Waals surface area contributed by atoms with Gasteiger partial charge >= 0.3 is 0 Å². The Bertz CT molecular complexity index is 934. The van der Waals surface area contributed by atoms with Crippen LogP contribution in [0.25, 0.3) is 21.9 Å². The van der Waals surface area contributed by atoms with E-state index in [9.17, 15) is 10.0 Å². The molecule has 0 saturated carbocycles. The second-order valence-corrected chi connectivity index (χ2v) is 6.49. The minimum atomic E-state index is -0.338. The number of aromatic nitrogens is 3. The maximum absolute atomic E-state index is 11.1. The lowest BCUT2D eigenvalue weighted by Crippen LogP contribution is -2.25. The normalized spacial score (nSPS) is 11.3. The van der Waals surface area contributed by atoms with Crippen LogP contribution in [0.15, 0.2) is 24.3 Å². The molecule has 0 saturated heterocycles. The summed E-state index contributed by atoms with van der Waals surface area (Å²) >= 11 is 0. The summed E-state index contributed by atoms with van der Waals surface area (Å²) in [5.74, 6) is 1.11. The van der Waals surface area contributed by atoms with Gasteiger partial charge in [0.1, 0.15) is 11.3 Å². The maximum atomic E-state index is 11.1. The predicted octanol–water partition coefficient (Wildman–Crippen LogP) is 3.14. The van der Waals surface area contributed by atoms with Gasteiger partial charge in [0.25, 0.3) is 0 Å². The highest BCUT2D eigenvalue weighted by atomic mass is 16.5. The van der Waals surface area contributed by atoms with Crippen molar-refractivity contribution in [2.24, 2.45) is 0 Å². The number of nitrogens with zero attached hydrogens (tertiary/aromatic N) is 4. The number of unbranched alkanes of at least 4 members (excludes halogenated alkanes) is 1. The summed E-state index contributed by atoms with van der Waals surface area (Å²) in [6.45, 7) is 4.56. The van der Waals surface area contributed by atoms with Gasteiger partial charge in [-0.05, 0) is 25.3 Å². The molecule has 26 heavy (non-hydrogen) atoms. The van der Waals surface area contributed by atoms with E-state index in [1.165, 1.54) is 6.92 Å². The molecule has 0 aliphatic heterocycles. The van der Waals surface area contributed by atoms with E-state index in [2.05, 4.69) is 16.5 Å². The van der Waals surface area contributed by atoms with Crippen molar-refractivity contribution in [1.82, 2.24) is 19.6 Å². The van der Waals surface area contributed by atoms with Crippen LogP contribution in [0, 0.1) is 0 Å². The minimum Gasteiger partial charge on any atom is -0.382 e. The molecular formula is C19H25N5O2. The van der Waals surface area contributed by atoms with Crippen molar-refractivity contribution < 1.29 is 10.0 Å². The van der Waals surface area contributed by atoms with Crippen molar-refractivity contribution in [2.45, 2.75) is 46.1 Å². The van der Waals surface area contributed by atoms with Crippen LogP contribution in [0.5, 0.6) is 0 Å². The number of nitrogen functional groups attached to an aromatic ring is 1. The van der Waals surface area contributed by atoms with E-state index in [1.54, 1.807) is 0 Å². The molecule has 1 amide bonds. The monoisotopic (exact) mass is 355 g/mol. The molecule has 138 valence electrons. The Morgan fingerprint density at radius 3 is 2.77 bits per heavy atom. The van der Waals surface area contributed by atoms with Gasteiger partial charge < -0.3 is 10.3 Å². The third kappa shape index (κ3) is 3.48. The molecule has 3 N–H and O–H groups in total. The van der Waals surface area contributed by atoms with Gasteiger partial charge in [0.15, 0.2) is 5.82 Å². The van der Waals surface area contributed by atoms with Gasteiger partial charge in [-0.2, -0.15) is 0 Å². The summed E-state index contributed by atoms with van der Waals surface area (Å²) in [6.07, 6.45) is 3.38. The van der Waals surface area contributed by atoms with Crippen LogP contribution >= 0.6 is 0 Å². The summed E-state index contributed by atoms with van der Waals surface area (Å²) in [7, 11) is 0. The number of carbonyl (C=O) groups is 1. The molecular weight excluding hydrogens is 330 g/mol. The second-order valence-electron chi connectivity index (χ2n) is 6.49. The van der Waals surface area contributed by atoms with Gasteiger partial charge in [-0.3, -0.25) is 10.0 Å². The number of aryl methyl sites for hydroxylation is 2. The van der Waals surface area contributed by atoms with Gasteiger partial charge in [0, 0.05) is 31.8 Å². The summed E-state index contributed by atoms with van der Waals surface area (Å²) in [5.41, 5.74) is 8.79. The SMILES string of the molecule is CCCc1nc2c(N)nc3ccccc3c2n1CCCCN(O)C(C)=O. The van der Waals surface area contributed by atoms with E-state index < -0.39 is 0 Å². The Morgan fingerprint density at radius 2 is 2.04 bits per heavy atom. The maximum Gasteiger partial charge on any atom is 0.242 e. The zero-order chi connectivity index (χ0) is 18.7. The molecule has 0 aliphatic rings. The largest absolute Gasteiger partial charge is 0.382 e. The lowest BCUT2D eigenvalue weighted by atomic mass is 10.2. The number of amides is 1. The standard InChI is InChI=1S/C19H25N5O2/c1-3-8-16-22-17-18(14-9-4-5-10-15(14)21-19(17)20)23(16)11-6-7-12-24(26)13(2)25/h4-5,9-10,26H,3,6-8,11-12H2,1-2H3,(H2,20,21). The fourth-order valence-electron chi connectivity index (χ4n) is 3.25. The first-order valence-corrected chi connectivity index (χ1v) is 9.03. The molecule has 1 aromatic carbocycles. The van der Waals surface area contributed by atoms with E-state index in [4.69, 9.17) is 10.7 Å². The van der Waals surface area contributed by atoms with Crippen LogP contribution < -0.4 is 5.73 Å². The molecule has 0 bridgehead atoms. The van der Waals surface area contributed by atoms with Crippen LogP contribution in [0.4, 0.5) is 5.82 Å². The topological polar surface area (TPSA) is 97.3 Å².